The monoisotopic (exact) mass is 365 g/mol. The molecule has 130 valence electrons. The van der Waals surface area contributed by atoms with Crippen LogP contribution in [0.1, 0.15) is 13.8 Å². The third kappa shape index (κ3) is 4.87. The number of nitrogens with zero attached hydrogens (tertiary/aromatic N) is 1. The molecule has 2 N–H and O–H groups in total. The molecular weight excluding hydrogens is 345 g/mol. The van der Waals surface area contributed by atoms with Crippen LogP contribution in [-0.2, 0) is 14.8 Å². The molecule has 1 aliphatic heterocycles. The number of hydrogen-bond acceptors (Lipinski definition) is 4. The maximum Gasteiger partial charge on any atom is 0.244 e. The SMILES string of the molecule is CC1CN(C(=O)C(C)NS(=O)(=O)c2ccccc2F)CCN1.Cl. The molecule has 1 aromatic carbocycles. The number of nitrogens with one attached hydrogen (secondary N) is 2. The van der Waals surface area contributed by atoms with Gasteiger partial charge < -0.3 is 10.2 Å². The van der Waals surface area contributed by atoms with Crippen LogP contribution in [0.5, 0.6) is 0 Å². The standard InChI is InChI=1S/C14H20FN3O3S.ClH/c1-10-9-18(8-7-16-10)14(19)11(2)17-22(20,21)13-6-4-3-5-12(13)15;/h3-6,10-11,16-17H,7-9H2,1-2H3;1H. The van der Waals surface area contributed by atoms with Crippen molar-refractivity contribution in [3.8, 4) is 0 Å². The maximum absolute atomic E-state index is 13.6. The first-order valence-corrected chi connectivity index (χ1v) is 8.58. The number of sulfonamides is 1. The summed E-state index contributed by atoms with van der Waals surface area (Å²) in [6.45, 7) is 5.13. The van der Waals surface area contributed by atoms with Crippen molar-refractivity contribution < 1.29 is 17.6 Å². The number of halogens is 2. The molecule has 9 heteroatoms. The topological polar surface area (TPSA) is 78.5 Å². The molecule has 0 radical (unpaired) electrons. The van der Waals surface area contributed by atoms with Crippen LogP contribution in [0.15, 0.2) is 29.2 Å². The Hall–Kier alpha value is -1.22. The van der Waals surface area contributed by atoms with Crippen molar-refractivity contribution in [3.63, 3.8) is 0 Å². The van der Waals surface area contributed by atoms with Crippen LogP contribution in [0.3, 0.4) is 0 Å². The number of carbonyl (C=O) groups is 1. The molecule has 0 spiro atoms. The van der Waals surface area contributed by atoms with E-state index in [1.165, 1.54) is 25.1 Å². The summed E-state index contributed by atoms with van der Waals surface area (Å²) < 4.78 is 40.2. The van der Waals surface area contributed by atoms with Crippen molar-refractivity contribution >= 4 is 28.3 Å². The van der Waals surface area contributed by atoms with Gasteiger partial charge in [0, 0.05) is 25.7 Å². The van der Waals surface area contributed by atoms with Gasteiger partial charge in [-0.1, -0.05) is 12.1 Å². The third-order valence-electron chi connectivity index (χ3n) is 3.51. The average molecular weight is 366 g/mol. The summed E-state index contributed by atoms with van der Waals surface area (Å²) in [6, 6.07) is 4.29. The predicted molar refractivity (Wildman–Crippen MR) is 87.5 cm³/mol. The van der Waals surface area contributed by atoms with Gasteiger partial charge in [0.25, 0.3) is 0 Å². The van der Waals surface area contributed by atoms with E-state index in [1.807, 2.05) is 6.92 Å². The number of rotatable bonds is 4. The molecule has 1 heterocycles. The lowest BCUT2D eigenvalue weighted by molar-refractivity contribution is -0.133. The Morgan fingerprint density at radius 3 is 2.70 bits per heavy atom. The first-order valence-electron chi connectivity index (χ1n) is 7.10. The van der Waals surface area contributed by atoms with E-state index in [4.69, 9.17) is 0 Å². The average Bonchev–Trinajstić information content (AvgIpc) is 2.46. The van der Waals surface area contributed by atoms with Crippen molar-refractivity contribution in [1.82, 2.24) is 14.9 Å². The van der Waals surface area contributed by atoms with E-state index in [1.54, 1.807) is 4.90 Å². The highest BCUT2D eigenvalue weighted by atomic mass is 35.5. The number of hydrogen-bond donors (Lipinski definition) is 2. The van der Waals surface area contributed by atoms with Gasteiger partial charge in [-0.25, -0.2) is 12.8 Å². The highest BCUT2D eigenvalue weighted by Crippen LogP contribution is 2.14. The van der Waals surface area contributed by atoms with E-state index >= 15 is 0 Å². The zero-order valence-electron chi connectivity index (χ0n) is 13.0. The molecule has 1 aromatic rings. The quantitative estimate of drug-likeness (QED) is 0.824. The zero-order chi connectivity index (χ0) is 16.3. The fraction of sp³-hybridized carbons (Fsp3) is 0.500. The summed E-state index contributed by atoms with van der Waals surface area (Å²) in [4.78, 5) is 13.5. The second kappa shape index (κ2) is 8.05. The van der Waals surface area contributed by atoms with Crippen molar-refractivity contribution in [2.75, 3.05) is 19.6 Å². The third-order valence-corrected chi connectivity index (χ3v) is 5.08. The molecular formula is C14H21ClFN3O3S. The van der Waals surface area contributed by atoms with Crippen molar-refractivity contribution in [1.29, 1.82) is 0 Å². The van der Waals surface area contributed by atoms with Crippen LogP contribution in [0.25, 0.3) is 0 Å². The van der Waals surface area contributed by atoms with Crippen LogP contribution in [0, 0.1) is 5.82 Å². The second-order valence-electron chi connectivity index (χ2n) is 5.41. The molecule has 1 fully saturated rings. The fourth-order valence-corrected chi connectivity index (χ4v) is 3.69. The van der Waals surface area contributed by atoms with Gasteiger partial charge in [0.05, 0.1) is 6.04 Å². The molecule has 2 unspecified atom stereocenters. The molecule has 0 saturated carbocycles. The van der Waals surface area contributed by atoms with Crippen molar-refractivity contribution in [2.45, 2.75) is 30.8 Å². The van der Waals surface area contributed by atoms with E-state index in [0.29, 0.717) is 19.6 Å². The lowest BCUT2D eigenvalue weighted by Gasteiger charge is -2.33. The van der Waals surface area contributed by atoms with Crippen LogP contribution in [0.2, 0.25) is 0 Å². The van der Waals surface area contributed by atoms with Gasteiger partial charge in [-0.15, -0.1) is 12.4 Å². The lowest BCUT2D eigenvalue weighted by atomic mass is 10.2. The minimum Gasteiger partial charge on any atom is -0.338 e. The van der Waals surface area contributed by atoms with Gasteiger partial charge in [-0.2, -0.15) is 4.72 Å². The van der Waals surface area contributed by atoms with E-state index in [0.717, 1.165) is 6.07 Å². The molecule has 1 amide bonds. The Bertz CT molecular complexity index is 656. The van der Waals surface area contributed by atoms with E-state index in [2.05, 4.69) is 10.0 Å². The van der Waals surface area contributed by atoms with Gasteiger partial charge in [-0.3, -0.25) is 4.79 Å². The Labute approximate surface area is 141 Å². The number of piperazine rings is 1. The van der Waals surface area contributed by atoms with E-state index in [-0.39, 0.29) is 24.4 Å². The molecule has 0 aromatic heterocycles. The van der Waals surface area contributed by atoms with E-state index in [9.17, 15) is 17.6 Å². The predicted octanol–water partition coefficient (Wildman–Crippen LogP) is 0.735. The molecule has 0 bridgehead atoms. The summed E-state index contributed by atoms with van der Waals surface area (Å²) >= 11 is 0. The van der Waals surface area contributed by atoms with Crippen LogP contribution in [0.4, 0.5) is 4.39 Å². The highest BCUT2D eigenvalue weighted by molar-refractivity contribution is 7.89. The first kappa shape index (κ1) is 19.8. The largest absolute Gasteiger partial charge is 0.338 e. The summed E-state index contributed by atoms with van der Waals surface area (Å²) in [5.41, 5.74) is 0. The normalized spacial score (nSPS) is 19.8. The number of carbonyl (C=O) groups excluding carboxylic acids is 1. The minimum atomic E-state index is -4.08. The van der Waals surface area contributed by atoms with Gasteiger partial charge in [0.1, 0.15) is 10.7 Å². The Kier molecular flexibility index (Phi) is 6.94. The highest BCUT2D eigenvalue weighted by Gasteiger charge is 2.29. The Morgan fingerprint density at radius 1 is 1.43 bits per heavy atom. The number of benzene rings is 1. The van der Waals surface area contributed by atoms with Crippen molar-refractivity contribution in [2.24, 2.45) is 0 Å². The minimum absolute atomic E-state index is 0. The lowest BCUT2D eigenvalue weighted by Crippen LogP contribution is -2.55. The summed E-state index contributed by atoms with van der Waals surface area (Å²) in [6.07, 6.45) is 0. The van der Waals surface area contributed by atoms with Crippen LogP contribution in [-0.4, -0.2) is 50.9 Å². The Balaban J connectivity index is 0.00000264. The molecule has 23 heavy (non-hydrogen) atoms. The van der Waals surface area contributed by atoms with E-state index < -0.39 is 26.8 Å². The first-order chi connectivity index (χ1) is 10.3. The summed E-state index contributed by atoms with van der Waals surface area (Å²) in [5, 5.41) is 3.21. The molecule has 2 atom stereocenters. The van der Waals surface area contributed by atoms with Crippen LogP contribution < -0.4 is 10.0 Å². The fourth-order valence-electron chi connectivity index (χ4n) is 2.42. The second-order valence-corrected chi connectivity index (χ2v) is 7.10. The molecule has 1 saturated heterocycles. The molecule has 1 aliphatic rings. The van der Waals surface area contributed by atoms with Crippen LogP contribution >= 0.6 is 12.4 Å². The van der Waals surface area contributed by atoms with Gasteiger partial charge in [-0.05, 0) is 26.0 Å². The molecule has 0 aliphatic carbocycles. The maximum atomic E-state index is 13.6. The van der Waals surface area contributed by atoms with Gasteiger partial charge >= 0.3 is 0 Å². The zero-order valence-corrected chi connectivity index (χ0v) is 14.6. The van der Waals surface area contributed by atoms with Crippen molar-refractivity contribution in [3.05, 3.63) is 30.1 Å². The summed E-state index contributed by atoms with van der Waals surface area (Å²) in [7, 11) is -4.08. The number of amides is 1. The smallest absolute Gasteiger partial charge is 0.244 e. The molecule has 6 nitrogen and oxygen atoms in total. The van der Waals surface area contributed by atoms with Gasteiger partial charge in [0.15, 0.2) is 0 Å². The van der Waals surface area contributed by atoms with Gasteiger partial charge in [0.2, 0.25) is 15.9 Å². The Morgan fingerprint density at radius 2 is 2.09 bits per heavy atom. The molecule has 2 rings (SSSR count). The summed E-state index contributed by atoms with van der Waals surface area (Å²) in [5.74, 6) is -1.15.